The maximum absolute atomic E-state index is 13.3. The number of hydrogen-bond acceptors (Lipinski definition) is 5. The van der Waals surface area contributed by atoms with Crippen molar-refractivity contribution < 1.29 is 17.9 Å². The first kappa shape index (κ1) is 19.5. The Balaban J connectivity index is 1.30. The van der Waals surface area contributed by atoms with Crippen LogP contribution in [0.15, 0.2) is 18.3 Å². The monoisotopic (exact) mass is 433 g/mol. The summed E-state index contributed by atoms with van der Waals surface area (Å²) in [7, 11) is 0. The number of likely N-dealkylation sites (tertiary alicyclic amines) is 1. The van der Waals surface area contributed by atoms with Crippen LogP contribution in [0.1, 0.15) is 36.9 Å². The fourth-order valence-electron chi connectivity index (χ4n) is 5.27. The second-order valence-corrected chi connectivity index (χ2v) is 10.1. The minimum atomic E-state index is -4.54. The number of nitrogen functional groups attached to an aromatic ring is 1. The summed E-state index contributed by atoms with van der Waals surface area (Å²) in [5.41, 5.74) is 6.89. The number of fused-ring (bicyclic) bond motifs is 1. The van der Waals surface area contributed by atoms with Crippen LogP contribution in [0.25, 0.3) is 11.3 Å². The third kappa shape index (κ3) is 3.33. The number of hydrogen-bond donors (Lipinski definition) is 1. The number of nitrogens with zero attached hydrogens (tertiary/aromatic N) is 4. The number of aromatic nitrogens is 3. The molecule has 2 aliphatic carbocycles. The molecule has 4 heterocycles. The molecule has 9 heteroatoms. The molecule has 4 fully saturated rings. The average molecular weight is 433 g/mol. The minimum Gasteiger partial charge on any atom is -0.383 e. The van der Waals surface area contributed by atoms with Crippen molar-refractivity contribution >= 4 is 5.82 Å². The Morgan fingerprint density at radius 3 is 2.48 bits per heavy atom. The number of piperidine rings is 1. The smallest absolute Gasteiger partial charge is 0.383 e. The van der Waals surface area contributed by atoms with Gasteiger partial charge < -0.3 is 10.5 Å². The molecule has 0 radical (unpaired) electrons. The fraction of sp³-hybridized carbons (Fsp3) is 0.636. The van der Waals surface area contributed by atoms with Crippen molar-refractivity contribution in [3.8, 4) is 11.3 Å². The lowest BCUT2D eigenvalue weighted by atomic mass is 10.1. The van der Waals surface area contributed by atoms with Crippen LogP contribution >= 0.6 is 0 Å². The van der Waals surface area contributed by atoms with Crippen LogP contribution in [0.2, 0.25) is 0 Å². The predicted octanol–water partition coefficient (Wildman–Crippen LogP) is 3.39. The second-order valence-electron chi connectivity index (χ2n) is 10.1. The summed E-state index contributed by atoms with van der Waals surface area (Å²) in [5, 5.41) is 4.76. The summed E-state index contributed by atoms with van der Waals surface area (Å²) >= 11 is 0. The zero-order chi connectivity index (χ0) is 21.5. The first-order valence-electron chi connectivity index (χ1n) is 10.9. The molecule has 6 nitrogen and oxygen atoms in total. The van der Waals surface area contributed by atoms with Gasteiger partial charge in [-0.25, -0.2) is 4.98 Å². The van der Waals surface area contributed by atoms with Gasteiger partial charge in [0.25, 0.3) is 0 Å². The van der Waals surface area contributed by atoms with E-state index in [0.29, 0.717) is 35.1 Å². The van der Waals surface area contributed by atoms with Crippen LogP contribution in [0.4, 0.5) is 19.0 Å². The molecular weight excluding hydrogens is 407 g/mol. The van der Waals surface area contributed by atoms with Gasteiger partial charge in [0.15, 0.2) is 0 Å². The van der Waals surface area contributed by atoms with E-state index in [0.717, 1.165) is 57.4 Å². The Morgan fingerprint density at radius 2 is 1.90 bits per heavy atom. The standard InChI is InChI=1S/C22H26F3N5O/c1-21(2-3-21)11-30-18(19-14-7-29(8-15(14)19)13-9-31-10-13)5-17(28-30)12-4-16(22(23,24)25)20(26)27-6-12/h4-6,13-15,19H,2-3,7-11H2,1H3,(H2,26,27). The molecule has 2 aliphatic heterocycles. The third-order valence-electron chi connectivity index (χ3n) is 7.67. The normalized spacial score (nSPS) is 29.6. The lowest BCUT2D eigenvalue weighted by Crippen LogP contribution is -2.48. The van der Waals surface area contributed by atoms with E-state index in [9.17, 15) is 13.2 Å². The largest absolute Gasteiger partial charge is 0.419 e. The predicted molar refractivity (Wildman–Crippen MR) is 108 cm³/mol. The summed E-state index contributed by atoms with van der Waals surface area (Å²) in [4.78, 5) is 6.33. The van der Waals surface area contributed by atoms with E-state index in [4.69, 9.17) is 15.6 Å². The molecule has 2 aromatic heterocycles. The maximum Gasteiger partial charge on any atom is 0.419 e. The van der Waals surface area contributed by atoms with Crippen LogP contribution in [-0.2, 0) is 17.5 Å². The van der Waals surface area contributed by atoms with E-state index in [-0.39, 0.29) is 5.41 Å². The highest BCUT2D eigenvalue weighted by molar-refractivity contribution is 5.63. The molecule has 2 aromatic rings. The molecule has 0 bridgehead atoms. The van der Waals surface area contributed by atoms with Gasteiger partial charge in [0.05, 0.1) is 30.5 Å². The molecular formula is C22H26F3N5O. The highest BCUT2D eigenvalue weighted by atomic mass is 19.4. The molecule has 166 valence electrons. The quantitative estimate of drug-likeness (QED) is 0.783. The van der Waals surface area contributed by atoms with Crippen molar-refractivity contribution in [3.63, 3.8) is 0 Å². The summed E-state index contributed by atoms with van der Waals surface area (Å²) in [6.07, 6.45) is -0.819. The van der Waals surface area contributed by atoms with Crippen molar-refractivity contribution in [2.45, 2.75) is 44.4 Å². The first-order chi connectivity index (χ1) is 14.7. The molecule has 0 amide bonds. The second kappa shape index (κ2) is 6.45. The van der Waals surface area contributed by atoms with Gasteiger partial charge >= 0.3 is 6.18 Å². The summed E-state index contributed by atoms with van der Waals surface area (Å²) in [5.74, 6) is 1.14. The highest BCUT2D eigenvalue weighted by Gasteiger charge is 2.59. The van der Waals surface area contributed by atoms with E-state index >= 15 is 0 Å². The molecule has 0 spiro atoms. The van der Waals surface area contributed by atoms with Gasteiger partial charge in [-0.05, 0) is 42.2 Å². The van der Waals surface area contributed by atoms with Gasteiger partial charge in [-0.3, -0.25) is 9.58 Å². The minimum absolute atomic E-state index is 0.244. The van der Waals surface area contributed by atoms with E-state index in [2.05, 4.69) is 21.5 Å². The Hall–Kier alpha value is -2.13. The molecule has 6 rings (SSSR count). The average Bonchev–Trinajstić information content (AvgIpc) is 3.41. The zero-order valence-corrected chi connectivity index (χ0v) is 17.4. The molecule has 4 aliphatic rings. The van der Waals surface area contributed by atoms with E-state index in [1.165, 1.54) is 6.20 Å². The first-order valence-corrected chi connectivity index (χ1v) is 10.9. The van der Waals surface area contributed by atoms with Crippen LogP contribution in [0.5, 0.6) is 0 Å². The number of halogens is 3. The number of alkyl halides is 3. The highest BCUT2D eigenvalue weighted by Crippen LogP contribution is 2.59. The Bertz CT molecular complexity index is 1010. The molecule has 31 heavy (non-hydrogen) atoms. The molecule has 2 saturated carbocycles. The molecule has 2 atom stereocenters. The van der Waals surface area contributed by atoms with Crippen molar-refractivity contribution in [1.82, 2.24) is 19.7 Å². The SMILES string of the molecule is CC1(Cn2nc(-c3cnc(N)c(C(F)(F)F)c3)cc2C2C3CN(C4COC4)CC32)CC1. The van der Waals surface area contributed by atoms with Gasteiger partial charge in [0.2, 0.25) is 0 Å². The number of nitrogens with two attached hydrogens (primary N) is 1. The molecule has 2 saturated heterocycles. The van der Waals surface area contributed by atoms with Gasteiger partial charge in [0, 0.05) is 43.0 Å². The van der Waals surface area contributed by atoms with Gasteiger partial charge in [-0.15, -0.1) is 0 Å². The fourth-order valence-corrected chi connectivity index (χ4v) is 5.27. The van der Waals surface area contributed by atoms with E-state index < -0.39 is 17.6 Å². The van der Waals surface area contributed by atoms with Crippen molar-refractivity contribution in [1.29, 1.82) is 0 Å². The molecule has 0 aromatic carbocycles. The van der Waals surface area contributed by atoms with Crippen LogP contribution in [-0.4, -0.2) is 52.0 Å². The lowest BCUT2D eigenvalue weighted by molar-refractivity contribution is -0.137. The molecule has 2 unspecified atom stereocenters. The van der Waals surface area contributed by atoms with Crippen molar-refractivity contribution in [2.75, 3.05) is 32.0 Å². The number of ether oxygens (including phenoxy) is 1. The number of rotatable bonds is 5. The van der Waals surface area contributed by atoms with E-state index in [1.807, 2.05) is 6.07 Å². The topological polar surface area (TPSA) is 69.2 Å². The van der Waals surface area contributed by atoms with E-state index in [1.54, 1.807) is 0 Å². The maximum atomic E-state index is 13.3. The number of anilines is 1. The number of pyridine rings is 1. The van der Waals surface area contributed by atoms with Gasteiger partial charge in [-0.1, -0.05) is 6.92 Å². The van der Waals surface area contributed by atoms with Crippen molar-refractivity contribution in [3.05, 3.63) is 29.6 Å². The summed E-state index contributed by atoms with van der Waals surface area (Å²) in [6.45, 7) is 6.86. The zero-order valence-electron chi connectivity index (χ0n) is 17.4. The summed E-state index contributed by atoms with van der Waals surface area (Å²) in [6, 6.07) is 3.61. The van der Waals surface area contributed by atoms with Gasteiger partial charge in [0.1, 0.15) is 5.82 Å². The van der Waals surface area contributed by atoms with Crippen LogP contribution in [0, 0.1) is 17.3 Å². The van der Waals surface area contributed by atoms with Crippen LogP contribution in [0.3, 0.4) is 0 Å². The lowest BCUT2D eigenvalue weighted by Gasteiger charge is -2.35. The molecule has 2 N–H and O–H groups in total. The van der Waals surface area contributed by atoms with Crippen LogP contribution < -0.4 is 5.73 Å². The van der Waals surface area contributed by atoms with Crippen molar-refractivity contribution in [2.24, 2.45) is 17.3 Å². The Labute approximate surface area is 178 Å². The third-order valence-corrected chi connectivity index (χ3v) is 7.67. The summed E-state index contributed by atoms with van der Waals surface area (Å²) < 4.78 is 47.4. The Morgan fingerprint density at radius 1 is 1.19 bits per heavy atom. The van der Waals surface area contributed by atoms with Gasteiger partial charge in [-0.2, -0.15) is 18.3 Å². The Kier molecular flexibility index (Phi) is 4.06.